The van der Waals surface area contributed by atoms with Crippen LogP contribution in [0.2, 0.25) is 0 Å². The van der Waals surface area contributed by atoms with Gasteiger partial charge in [-0.3, -0.25) is 4.79 Å². The van der Waals surface area contributed by atoms with Gasteiger partial charge >= 0.3 is 5.97 Å². The van der Waals surface area contributed by atoms with Crippen molar-refractivity contribution in [2.75, 3.05) is 12.3 Å². The first kappa shape index (κ1) is 11.5. The lowest BCUT2D eigenvalue weighted by Gasteiger charge is -2.05. The molecule has 0 aromatic heterocycles. The van der Waals surface area contributed by atoms with Gasteiger partial charge in [0, 0.05) is 10.2 Å². The molecular weight excluding hydrogens is 264 g/mol. The number of amides is 1. The Morgan fingerprint density at radius 3 is 2.67 bits per heavy atom. The molecule has 0 spiro atoms. The van der Waals surface area contributed by atoms with Gasteiger partial charge in [0.05, 0.1) is 5.56 Å². The molecule has 5 nitrogen and oxygen atoms in total. The standard InChI is InChI=1S/C9H9BrN2O3/c10-7-2-1-5(11)3-6(7)9(14)15-4-8(12)13/h1-3H,4,11H2,(H2,12,13). The molecule has 4 N–H and O–H groups in total. The van der Waals surface area contributed by atoms with E-state index in [-0.39, 0.29) is 5.56 Å². The predicted octanol–water partition coefficient (Wildman–Crippen LogP) is 0.673. The Kier molecular flexibility index (Phi) is 3.68. The molecule has 0 heterocycles. The summed E-state index contributed by atoms with van der Waals surface area (Å²) in [5, 5.41) is 0. The molecule has 6 heteroatoms. The minimum Gasteiger partial charge on any atom is -0.452 e. The summed E-state index contributed by atoms with van der Waals surface area (Å²) in [7, 11) is 0. The fourth-order valence-corrected chi connectivity index (χ4v) is 1.32. The van der Waals surface area contributed by atoms with E-state index in [4.69, 9.17) is 11.5 Å². The number of rotatable bonds is 3. The summed E-state index contributed by atoms with van der Waals surface area (Å²) < 4.78 is 5.17. The van der Waals surface area contributed by atoms with Crippen LogP contribution in [-0.2, 0) is 9.53 Å². The van der Waals surface area contributed by atoms with Crippen molar-refractivity contribution in [3.05, 3.63) is 28.2 Å². The molecule has 0 aliphatic rings. The Balaban J connectivity index is 2.81. The average Bonchev–Trinajstić information content (AvgIpc) is 2.18. The number of halogens is 1. The predicted molar refractivity (Wildman–Crippen MR) is 58.0 cm³/mol. The van der Waals surface area contributed by atoms with Gasteiger partial charge in [0.25, 0.3) is 5.91 Å². The largest absolute Gasteiger partial charge is 0.452 e. The summed E-state index contributed by atoms with van der Waals surface area (Å²) in [6.07, 6.45) is 0. The van der Waals surface area contributed by atoms with E-state index in [0.717, 1.165) is 0 Å². The Hall–Kier alpha value is -1.56. The summed E-state index contributed by atoms with van der Waals surface area (Å²) in [6.45, 7) is -0.444. The first-order valence-electron chi connectivity index (χ1n) is 4.01. The van der Waals surface area contributed by atoms with Crippen molar-refractivity contribution in [3.8, 4) is 0 Å². The zero-order chi connectivity index (χ0) is 11.4. The van der Waals surface area contributed by atoms with E-state index >= 15 is 0 Å². The van der Waals surface area contributed by atoms with Crippen LogP contribution in [0.1, 0.15) is 10.4 Å². The minimum absolute atomic E-state index is 0.260. The van der Waals surface area contributed by atoms with Gasteiger partial charge in [-0.2, -0.15) is 0 Å². The van der Waals surface area contributed by atoms with Crippen LogP contribution in [0.25, 0.3) is 0 Å². The Labute approximate surface area is 94.5 Å². The molecule has 0 radical (unpaired) electrons. The van der Waals surface area contributed by atoms with Gasteiger partial charge in [-0.25, -0.2) is 4.79 Å². The van der Waals surface area contributed by atoms with Gasteiger partial charge in [0.2, 0.25) is 0 Å². The molecule has 0 fully saturated rings. The number of ether oxygens (including phenoxy) is 1. The maximum atomic E-state index is 11.4. The average molecular weight is 273 g/mol. The van der Waals surface area contributed by atoms with E-state index in [0.29, 0.717) is 10.2 Å². The number of hydrogen-bond donors (Lipinski definition) is 2. The molecule has 0 atom stereocenters. The Morgan fingerprint density at radius 2 is 2.07 bits per heavy atom. The summed E-state index contributed by atoms with van der Waals surface area (Å²) in [5.74, 6) is -1.35. The highest BCUT2D eigenvalue weighted by atomic mass is 79.9. The van der Waals surface area contributed by atoms with Crippen LogP contribution in [0.4, 0.5) is 5.69 Å². The third-order valence-corrected chi connectivity index (χ3v) is 2.25. The van der Waals surface area contributed by atoms with Crippen molar-refractivity contribution in [3.63, 3.8) is 0 Å². The maximum Gasteiger partial charge on any atom is 0.339 e. The van der Waals surface area contributed by atoms with Crippen molar-refractivity contribution < 1.29 is 14.3 Å². The quantitative estimate of drug-likeness (QED) is 0.625. The molecule has 80 valence electrons. The molecule has 0 aliphatic carbocycles. The highest BCUT2D eigenvalue weighted by Gasteiger charge is 2.12. The number of carbonyl (C=O) groups excluding carboxylic acids is 2. The summed E-state index contributed by atoms with van der Waals surface area (Å²) in [6, 6.07) is 4.71. The van der Waals surface area contributed by atoms with E-state index < -0.39 is 18.5 Å². The van der Waals surface area contributed by atoms with Gasteiger partial charge in [-0.05, 0) is 34.1 Å². The normalized spacial score (nSPS) is 9.67. The van der Waals surface area contributed by atoms with Crippen molar-refractivity contribution in [2.24, 2.45) is 5.73 Å². The molecule has 0 saturated carbocycles. The number of primary amides is 1. The van der Waals surface area contributed by atoms with Crippen molar-refractivity contribution in [1.29, 1.82) is 0 Å². The highest BCUT2D eigenvalue weighted by molar-refractivity contribution is 9.10. The molecule has 0 aliphatic heterocycles. The number of nitrogen functional groups attached to an aromatic ring is 1. The van der Waals surface area contributed by atoms with E-state index in [1.54, 1.807) is 12.1 Å². The summed E-state index contributed by atoms with van der Waals surface area (Å²) >= 11 is 3.17. The lowest BCUT2D eigenvalue weighted by atomic mass is 10.2. The van der Waals surface area contributed by atoms with E-state index in [9.17, 15) is 9.59 Å². The number of anilines is 1. The monoisotopic (exact) mass is 272 g/mol. The van der Waals surface area contributed by atoms with Crippen molar-refractivity contribution in [2.45, 2.75) is 0 Å². The number of benzene rings is 1. The molecule has 15 heavy (non-hydrogen) atoms. The van der Waals surface area contributed by atoms with E-state index in [1.165, 1.54) is 6.07 Å². The molecule has 0 saturated heterocycles. The van der Waals surface area contributed by atoms with Crippen LogP contribution >= 0.6 is 15.9 Å². The SMILES string of the molecule is NC(=O)COC(=O)c1cc(N)ccc1Br. The molecular formula is C9H9BrN2O3. The second-order valence-corrected chi connectivity index (χ2v) is 3.64. The van der Waals surface area contributed by atoms with Gasteiger partial charge in [-0.1, -0.05) is 0 Å². The zero-order valence-corrected chi connectivity index (χ0v) is 9.28. The Morgan fingerprint density at radius 1 is 1.40 bits per heavy atom. The molecule has 1 aromatic carbocycles. The van der Waals surface area contributed by atoms with E-state index in [2.05, 4.69) is 20.7 Å². The second-order valence-electron chi connectivity index (χ2n) is 2.78. The van der Waals surface area contributed by atoms with Crippen LogP contribution in [0.3, 0.4) is 0 Å². The van der Waals surface area contributed by atoms with Crippen LogP contribution in [0, 0.1) is 0 Å². The molecule has 0 unspecified atom stereocenters. The fraction of sp³-hybridized carbons (Fsp3) is 0.111. The van der Waals surface area contributed by atoms with Gasteiger partial charge in [-0.15, -0.1) is 0 Å². The van der Waals surface area contributed by atoms with E-state index in [1.807, 2.05) is 0 Å². The maximum absolute atomic E-state index is 11.4. The smallest absolute Gasteiger partial charge is 0.339 e. The Bertz CT molecular complexity index is 406. The molecule has 1 aromatic rings. The lowest BCUT2D eigenvalue weighted by Crippen LogP contribution is -2.21. The highest BCUT2D eigenvalue weighted by Crippen LogP contribution is 2.20. The number of carbonyl (C=O) groups is 2. The van der Waals surface area contributed by atoms with Gasteiger partial charge < -0.3 is 16.2 Å². The first-order chi connectivity index (χ1) is 7.00. The molecule has 1 amide bonds. The minimum atomic E-state index is -0.705. The third kappa shape index (κ3) is 3.25. The lowest BCUT2D eigenvalue weighted by molar-refractivity contribution is -0.121. The number of nitrogens with two attached hydrogens (primary N) is 2. The van der Waals surface area contributed by atoms with Crippen LogP contribution in [0.5, 0.6) is 0 Å². The van der Waals surface area contributed by atoms with Gasteiger partial charge in [0.15, 0.2) is 6.61 Å². The summed E-state index contributed by atoms with van der Waals surface area (Å²) in [4.78, 5) is 21.8. The second kappa shape index (κ2) is 4.79. The number of esters is 1. The van der Waals surface area contributed by atoms with Crippen LogP contribution in [-0.4, -0.2) is 18.5 Å². The van der Waals surface area contributed by atoms with Gasteiger partial charge in [0.1, 0.15) is 0 Å². The summed E-state index contributed by atoms with van der Waals surface area (Å²) in [5.41, 5.74) is 11.0. The first-order valence-corrected chi connectivity index (χ1v) is 4.80. The van der Waals surface area contributed by atoms with Crippen LogP contribution < -0.4 is 11.5 Å². The molecule has 1 rings (SSSR count). The topological polar surface area (TPSA) is 95.4 Å². The fourth-order valence-electron chi connectivity index (χ4n) is 0.914. The molecule has 0 bridgehead atoms. The van der Waals surface area contributed by atoms with Crippen LogP contribution in [0.15, 0.2) is 22.7 Å². The third-order valence-electron chi connectivity index (χ3n) is 1.56. The van der Waals surface area contributed by atoms with Crippen molar-refractivity contribution >= 4 is 33.5 Å². The van der Waals surface area contributed by atoms with Crippen molar-refractivity contribution in [1.82, 2.24) is 0 Å². The number of hydrogen-bond acceptors (Lipinski definition) is 4. The zero-order valence-electron chi connectivity index (χ0n) is 7.70.